The molecule has 33 heavy (non-hydrogen) atoms. The van der Waals surface area contributed by atoms with Crippen LogP contribution in [-0.4, -0.2) is 33.4 Å². The van der Waals surface area contributed by atoms with Gasteiger partial charge in [0, 0.05) is 35.4 Å². The molecule has 0 aliphatic carbocycles. The Morgan fingerprint density at radius 3 is 2.58 bits per heavy atom. The molecule has 1 aliphatic heterocycles. The maximum atomic E-state index is 13.9. The average molecular weight is 536 g/mol. The molecule has 0 unspecified atom stereocenters. The number of anilines is 2. The first-order valence-corrected chi connectivity index (χ1v) is 11.8. The molecule has 0 radical (unpaired) electrons. The van der Waals surface area contributed by atoms with Crippen LogP contribution in [0.2, 0.25) is 5.02 Å². The zero-order valence-corrected chi connectivity index (χ0v) is 20.6. The molecule has 3 aromatic carbocycles. The first kappa shape index (κ1) is 23.7. The summed E-state index contributed by atoms with van der Waals surface area (Å²) in [6.45, 7) is 3.77. The summed E-state index contributed by atoms with van der Waals surface area (Å²) in [5, 5.41) is 4.11. The number of ether oxygens (including phenoxy) is 3. The van der Waals surface area contributed by atoms with Crippen LogP contribution in [0.1, 0.15) is 11.1 Å². The van der Waals surface area contributed by atoms with Gasteiger partial charge in [-0.05, 0) is 42.0 Å². The summed E-state index contributed by atoms with van der Waals surface area (Å²) in [5.74, 6) is 0.816. The van der Waals surface area contributed by atoms with Crippen molar-refractivity contribution in [3.63, 3.8) is 0 Å². The largest absolute Gasteiger partial charge is 0.493 e. The Hall–Kier alpha value is -2.48. The number of nitrogens with one attached hydrogen (secondary N) is 1. The Morgan fingerprint density at radius 1 is 1.06 bits per heavy atom. The lowest BCUT2D eigenvalue weighted by Crippen LogP contribution is -2.36. The molecule has 5 nitrogen and oxygen atoms in total. The molecule has 0 aromatic heterocycles. The van der Waals surface area contributed by atoms with Crippen LogP contribution >= 0.6 is 27.5 Å². The van der Waals surface area contributed by atoms with Crippen LogP contribution in [-0.2, 0) is 17.9 Å². The van der Waals surface area contributed by atoms with Crippen LogP contribution in [0.25, 0.3) is 0 Å². The van der Waals surface area contributed by atoms with E-state index >= 15 is 0 Å². The van der Waals surface area contributed by atoms with E-state index in [9.17, 15) is 4.39 Å². The SMILES string of the molecule is COc1cc(CNc2ccc(N3CCOCC3)c(Cl)c2)c(Br)cc1OCc1ccccc1F. The highest BCUT2D eigenvalue weighted by atomic mass is 79.9. The van der Waals surface area contributed by atoms with Gasteiger partial charge in [-0.3, -0.25) is 0 Å². The first-order valence-electron chi connectivity index (χ1n) is 10.6. The van der Waals surface area contributed by atoms with Crippen molar-refractivity contribution in [2.45, 2.75) is 13.2 Å². The molecule has 1 fully saturated rings. The Kier molecular flexibility index (Phi) is 7.96. The zero-order valence-electron chi connectivity index (χ0n) is 18.2. The van der Waals surface area contributed by atoms with Crippen LogP contribution in [0.3, 0.4) is 0 Å². The van der Waals surface area contributed by atoms with Crippen molar-refractivity contribution in [1.82, 2.24) is 0 Å². The standard InChI is InChI=1S/C25H25BrClFN2O3/c1-31-24-12-18(20(26)14-25(24)33-16-17-4-2-3-5-22(17)28)15-29-19-6-7-23(21(27)13-19)30-8-10-32-11-9-30/h2-7,12-14,29H,8-11,15-16H2,1H3. The maximum absolute atomic E-state index is 13.9. The lowest BCUT2D eigenvalue weighted by Gasteiger charge is -2.29. The predicted octanol–water partition coefficient (Wildman–Crippen LogP) is 6.28. The van der Waals surface area contributed by atoms with Gasteiger partial charge in [0.2, 0.25) is 0 Å². The Labute approximate surface area is 206 Å². The fourth-order valence-electron chi connectivity index (χ4n) is 3.63. The van der Waals surface area contributed by atoms with E-state index in [0.717, 1.165) is 34.5 Å². The van der Waals surface area contributed by atoms with Crippen LogP contribution < -0.4 is 19.7 Å². The summed E-state index contributed by atoms with van der Waals surface area (Å²) < 4.78 is 31.5. The molecule has 1 N–H and O–H groups in total. The molecule has 0 spiro atoms. The topological polar surface area (TPSA) is 43.0 Å². The Balaban J connectivity index is 1.43. The number of rotatable bonds is 8. The number of hydrogen-bond donors (Lipinski definition) is 1. The van der Waals surface area contributed by atoms with Crippen LogP contribution in [0.5, 0.6) is 11.5 Å². The lowest BCUT2D eigenvalue weighted by atomic mass is 10.2. The summed E-state index contributed by atoms with van der Waals surface area (Å²) in [5.41, 5.74) is 3.41. The number of morpholine rings is 1. The van der Waals surface area contributed by atoms with E-state index in [4.69, 9.17) is 25.8 Å². The van der Waals surface area contributed by atoms with E-state index in [2.05, 4.69) is 26.1 Å². The van der Waals surface area contributed by atoms with Crippen LogP contribution in [0.4, 0.5) is 15.8 Å². The smallest absolute Gasteiger partial charge is 0.162 e. The van der Waals surface area contributed by atoms with Gasteiger partial charge in [-0.2, -0.15) is 0 Å². The monoisotopic (exact) mass is 534 g/mol. The number of nitrogens with zero attached hydrogens (tertiary/aromatic N) is 1. The van der Waals surface area contributed by atoms with Crippen molar-refractivity contribution >= 4 is 38.9 Å². The minimum atomic E-state index is -0.297. The van der Waals surface area contributed by atoms with Gasteiger partial charge >= 0.3 is 0 Å². The summed E-state index contributed by atoms with van der Waals surface area (Å²) in [6, 6.07) is 16.3. The highest BCUT2D eigenvalue weighted by Crippen LogP contribution is 2.35. The second kappa shape index (κ2) is 11.1. The maximum Gasteiger partial charge on any atom is 0.162 e. The van der Waals surface area contributed by atoms with Crippen LogP contribution in [0.15, 0.2) is 59.1 Å². The number of benzene rings is 3. The third-order valence-electron chi connectivity index (χ3n) is 5.46. The first-order chi connectivity index (χ1) is 16.0. The highest BCUT2D eigenvalue weighted by Gasteiger charge is 2.15. The Bertz CT molecular complexity index is 1110. The van der Waals surface area contributed by atoms with E-state index in [1.807, 2.05) is 30.3 Å². The van der Waals surface area contributed by atoms with Gasteiger partial charge in [-0.1, -0.05) is 45.7 Å². The summed E-state index contributed by atoms with van der Waals surface area (Å²) >= 11 is 10.2. The quantitative estimate of drug-likeness (QED) is 0.368. The number of hydrogen-bond acceptors (Lipinski definition) is 5. The van der Waals surface area contributed by atoms with Crippen molar-refractivity contribution in [2.24, 2.45) is 0 Å². The van der Waals surface area contributed by atoms with Crippen molar-refractivity contribution < 1.29 is 18.6 Å². The zero-order chi connectivity index (χ0) is 23.2. The van der Waals surface area contributed by atoms with Gasteiger partial charge in [-0.25, -0.2) is 4.39 Å². The third kappa shape index (κ3) is 5.91. The van der Waals surface area contributed by atoms with Gasteiger partial charge in [-0.15, -0.1) is 0 Å². The van der Waals surface area contributed by atoms with Gasteiger partial charge in [0.05, 0.1) is 31.0 Å². The second-order valence-corrected chi connectivity index (χ2v) is 8.86. The molecule has 4 rings (SSSR count). The molecule has 8 heteroatoms. The Morgan fingerprint density at radius 2 is 1.85 bits per heavy atom. The molecule has 1 aliphatic rings. The summed E-state index contributed by atoms with van der Waals surface area (Å²) in [4.78, 5) is 2.23. The minimum absolute atomic E-state index is 0.112. The molecule has 1 heterocycles. The molecular formula is C25H25BrClFN2O3. The molecule has 0 amide bonds. The van der Waals surface area contributed by atoms with E-state index in [1.54, 1.807) is 25.3 Å². The number of methoxy groups -OCH3 is 1. The van der Waals surface area contributed by atoms with Crippen molar-refractivity contribution in [1.29, 1.82) is 0 Å². The predicted molar refractivity (Wildman–Crippen MR) is 133 cm³/mol. The van der Waals surface area contributed by atoms with Gasteiger partial charge < -0.3 is 24.4 Å². The minimum Gasteiger partial charge on any atom is -0.493 e. The fourth-order valence-corrected chi connectivity index (χ4v) is 4.39. The molecule has 3 aromatic rings. The van der Waals surface area contributed by atoms with Gasteiger partial charge in [0.1, 0.15) is 12.4 Å². The molecule has 1 saturated heterocycles. The lowest BCUT2D eigenvalue weighted by molar-refractivity contribution is 0.122. The molecule has 0 bridgehead atoms. The number of halogens is 3. The van der Waals surface area contributed by atoms with Gasteiger partial charge in [0.25, 0.3) is 0 Å². The van der Waals surface area contributed by atoms with Crippen molar-refractivity contribution in [3.8, 4) is 11.5 Å². The van der Waals surface area contributed by atoms with Gasteiger partial charge in [0.15, 0.2) is 11.5 Å². The molecule has 0 atom stereocenters. The van der Waals surface area contributed by atoms with Crippen LogP contribution in [0, 0.1) is 5.82 Å². The highest BCUT2D eigenvalue weighted by molar-refractivity contribution is 9.10. The van der Waals surface area contributed by atoms with E-state index in [-0.39, 0.29) is 12.4 Å². The van der Waals surface area contributed by atoms with E-state index in [0.29, 0.717) is 41.8 Å². The second-order valence-electron chi connectivity index (χ2n) is 7.59. The average Bonchev–Trinajstić information content (AvgIpc) is 2.83. The normalized spacial score (nSPS) is 13.6. The van der Waals surface area contributed by atoms with Crippen molar-refractivity contribution in [3.05, 3.63) is 81.0 Å². The molecule has 0 saturated carbocycles. The molecular weight excluding hydrogens is 511 g/mol. The van der Waals surface area contributed by atoms with E-state index in [1.165, 1.54) is 6.07 Å². The summed E-state index contributed by atoms with van der Waals surface area (Å²) in [6.07, 6.45) is 0. The summed E-state index contributed by atoms with van der Waals surface area (Å²) in [7, 11) is 1.58. The van der Waals surface area contributed by atoms with Crippen molar-refractivity contribution in [2.75, 3.05) is 43.6 Å². The molecule has 174 valence electrons. The van der Waals surface area contributed by atoms with E-state index < -0.39 is 0 Å². The third-order valence-corrected chi connectivity index (χ3v) is 6.50. The fraction of sp³-hybridized carbons (Fsp3) is 0.280.